The first-order valence-corrected chi connectivity index (χ1v) is 13.8. The van der Waals surface area contributed by atoms with E-state index in [2.05, 4.69) is 10.4 Å². The molecule has 2 aromatic rings. The number of hydrogen-bond donors (Lipinski definition) is 2. The van der Waals surface area contributed by atoms with E-state index in [0.29, 0.717) is 11.3 Å². The molecule has 2 N–H and O–H groups in total. The second-order valence-corrected chi connectivity index (χ2v) is 12.4. The van der Waals surface area contributed by atoms with E-state index in [1.165, 1.54) is 13.2 Å². The number of amides is 2. The Morgan fingerprint density at radius 2 is 1.92 bits per heavy atom. The average molecular weight is 556 g/mol. The van der Waals surface area contributed by atoms with E-state index >= 15 is 0 Å². The number of carbonyl (C=O) groups excluding carboxylic acids is 1. The first kappa shape index (κ1) is 27.9. The van der Waals surface area contributed by atoms with Gasteiger partial charge in [-0.3, -0.25) is 14.6 Å². The van der Waals surface area contributed by atoms with Gasteiger partial charge in [0, 0.05) is 36.3 Å². The van der Waals surface area contributed by atoms with Gasteiger partial charge >= 0.3 is 6.09 Å². The number of likely N-dealkylation sites (N-methyl/N-ethyl adjacent to an activating group) is 1. The lowest BCUT2D eigenvalue weighted by molar-refractivity contribution is -0.133. The van der Waals surface area contributed by atoms with Crippen molar-refractivity contribution in [2.24, 2.45) is 0 Å². The van der Waals surface area contributed by atoms with Gasteiger partial charge in [-0.2, -0.15) is 9.19 Å². The summed E-state index contributed by atoms with van der Waals surface area (Å²) in [4.78, 5) is 28.3. The number of ether oxygens (including phenoxy) is 1. The molecule has 2 aliphatic rings. The summed E-state index contributed by atoms with van der Waals surface area (Å²) in [5.41, 5.74) is -0.309. The number of nitrogens with zero attached hydrogens (tertiary/aromatic N) is 4. The Bertz CT molecular complexity index is 1360. The summed E-state index contributed by atoms with van der Waals surface area (Å²) in [6.07, 6.45) is 0.0557. The highest BCUT2D eigenvalue weighted by atomic mass is 32.2. The number of carboxylic acid groups (broad SMARTS) is 1. The molecule has 0 spiro atoms. The fourth-order valence-electron chi connectivity index (χ4n) is 5.47. The van der Waals surface area contributed by atoms with Crippen molar-refractivity contribution in [3.8, 4) is 0 Å². The monoisotopic (exact) mass is 555 g/mol. The largest absolute Gasteiger partial charge is 0.465 e. The Labute approximate surface area is 219 Å². The van der Waals surface area contributed by atoms with Crippen molar-refractivity contribution >= 4 is 22.0 Å². The van der Waals surface area contributed by atoms with Crippen LogP contribution in [0.4, 0.5) is 13.6 Å². The quantitative estimate of drug-likeness (QED) is 0.574. The highest BCUT2D eigenvalue weighted by molar-refractivity contribution is 7.89. The summed E-state index contributed by atoms with van der Waals surface area (Å²) in [5, 5.41) is 16.7. The molecular formula is C24H31F2N5O6S. The summed E-state index contributed by atoms with van der Waals surface area (Å²) in [6.45, 7) is 5.04. The van der Waals surface area contributed by atoms with E-state index in [-0.39, 0.29) is 25.1 Å². The van der Waals surface area contributed by atoms with Crippen molar-refractivity contribution < 1.29 is 36.6 Å². The summed E-state index contributed by atoms with van der Waals surface area (Å²) in [5.74, 6) is -1.83. The van der Waals surface area contributed by atoms with Gasteiger partial charge in [0.2, 0.25) is 5.91 Å². The van der Waals surface area contributed by atoms with E-state index < -0.39 is 63.4 Å². The van der Waals surface area contributed by atoms with Crippen LogP contribution in [0.2, 0.25) is 0 Å². The van der Waals surface area contributed by atoms with Gasteiger partial charge in [-0.05, 0) is 45.4 Å². The van der Waals surface area contributed by atoms with Crippen LogP contribution in [-0.2, 0) is 26.1 Å². The first-order chi connectivity index (χ1) is 17.6. The van der Waals surface area contributed by atoms with Crippen LogP contribution < -0.4 is 5.32 Å². The highest BCUT2D eigenvalue weighted by Gasteiger charge is 2.49. The minimum Gasteiger partial charge on any atom is -0.465 e. The van der Waals surface area contributed by atoms with E-state index in [9.17, 15) is 31.9 Å². The van der Waals surface area contributed by atoms with Gasteiger partial charge in [-0.15, -0.1) is 0 Å². The van der Waals surface area contributed by atoms with Crippen molar-refractivity contribution in [1.82, 2.24) is 24.3 Å². The molecule has 0 aliphatic carbocycles. The smallest absolute Gasteiger partial charge is 0.408 e. The van der Waals surface area contributed by atoms with Crippen LogP contribution in [-0.4, -0.2) is 82.0 Å². The van der Waals surface area contributed by atoms with Crippen molar-refractivity contribution in [1.29, 1.82) is 0 Å². The molecule has 1 aromatic heterocycles. The maximum atomic E-state index is 14.9. The molecule has 3 heterocycles. The second kappa shape index (κ2) is 9.89. The fraction of sp³-hybridized carbons (Fsp3) is 0.542. The number of fused-ring (bicyclic) bond motifs is 1. The Hall–Kier alpha value is -3.10. The minimum atomic E-state index is -3.75. The van der Waals surface area contributed by atoms with Crippen molar-refractivity contribution in [2.75, 3.05) is 19.9 Å². The van der Waals surface area contributed by atoms with Gasteiger partial charge in [0.15, 0.2) is 0 Å². The molecule has 14 heteroatoms. The molecule has 1 fully saturated rings. The molecular weight excluding hydrogens is 524 g/mol. The SMILES string of the molecule is CNC(=O)C1c2cnn(S(C)(=O)=O)c2CN1[C@H]1CO[C@H](c2cc(F)ccc2F)[C@@H](N(C(=O)O)C(C)(C)C)C1. The van der Waals surface area contributed by atoms with E-state index in [1.54, 1.807) is 25.7 Å². The topological polar surface area (TPSA) is 134 Å². The number of aromatic nitrogens is 2. The average Bonchev–Trinajstić information content (AvgIpc) is 3.38. The normalized spacial score (nSPS) is 24.2. The zero-order valence-corrected chi connectivity index (χ0v) is 22.5. The molecule has 4 rings (SSSR count). The molecule has 208 valence electrons. The Kier molecular flexibility index (Phi) is 7.27. The molecule has 38 heavy (non-hydrogen) atoms. The number of nitrogens with one attached hydrogen (secondary N) is 1. The van der Waals surface area contributed by atoms with E-state index in [4.69, 9.17) is 4.74 Å². The zero-order chi connectivity index (χ0) is 28.2. The molecule has 0 radical (unpaired) electrons. The molecule has 4 atom stereocenters. The van der Waals surface area contributed by atoms with Crippen LogP contribution in [0, 0.1) is 11.6 Å². The number of halogens is 2. The fourth-order valence-corrected chi connectivity index (χ4v) is 6.25. The third-order valence-corrected chi connectivity index (χ3v) is 7.90. The molecule has 11 nitrogen and oxygen atoms in total. The van der Waals surface area contributed by atoms with Gasteiger partial charge in [0.1, 0.15) is 23.8 Å². The lowest BCUT2D eigenvalue weighted by atomic mass is 9.88. The second-order valence-electron chi connectivity index (χ2n) is 10.5. The van der Waals surface area contributed by atoms with Crippen LogP contribution in [0.3, 0.4) is 0 Å². The van der Waals surface area contributed by atoms with Crippen molar-refractivity contribution in [2.45, 2.75) is 63.5 Å². The standard InChI is InChI=1S/C24H31F2N5O6S/c1-24(2,3)30(23(33)34)18-9-14(12-37-21(18)15-8-13(25)6-7-17(15)26)29-11-19-16(20(29)22(32)27-4)10-28-31(19)38(5,35)36/h6-8,10,14,18,20-21H,9,11-12H2,1-5H3,(H,27,32)(H,33,34)/t14-,18+,20?,21-/m1/s1. The minimum absolute atomic E-state index is 0.0306. The molecule has 2 aliphatic heterocycles. The maximum Gasteiger partial charge on any atom is 0.408 e. The summed E-state index contributed by atoms with van der Waals surface area (Å²) in [6, 6.07) is 0.501. The number of hydrogen-bond acceptors (Lipinski definition) is 7. The van der Waals surface area contributed by atoms with Crippen LogP contribution in [0.25, 0.3) is 0 Å². The van der Waals surface area contributed by atoms with Gasteiger partial charge in [-0.1, -0.05) is 0 Å². The lowest BCUT2D eigenvalue weighted by Crippen LogP contribution is -2.59. The van der Waals surface area contributed by atoms with E-state index in [0.717, 1.165) is 33.4 Å². The number of carbonyl (C=O) groups is 2. The van der Waals surface area contributed by atoms with Crippen molar-refractivity contribution in [3.05, 3.63) is 52.9 Å². The zero-order valence-electron chi connectivity index (χ0n) is 21.7. The maximum absolute atomic E-state index is 14.9. The number of benzene rings is 1. The Balaban J connectivity index is 1.76. The van der Waals surface area contributed by atoms with Gasteiger partial charge in [0.05, 0.1) is 30.8 Å². The summed E-state index contributed by atoms with van der Waals surface area (Å²) < 4.78 is 60.5. The Morgan fingerprint density at radius 1 is 1.24 bits per heavy atom. The Morgan fingerprint density at radius 3 is 2.50 bits per heavy atom. The highest BCUT2D eigenvalue weighted by Crippen LogP contribution is 2.43. The molecule has 1 aromatic carbocycles. The molecule has 0 bridgehead atoms. The molecule has 2 amide bonds. The lowest BCUT2D eigenvalue weighted by Gasteiger charge is -2.48. The molecule has 1 saturated heterocycles. The van der Waals surface area contributed by atoms with Gasteiger partial charge in [0.25, 0.3) is 10.0 Å². The predicted octanol–water partition coefficient (Wildman–Crippen LogP) is 2.25. The van der Waals surface area contributed by atoms with Crippen molar-refractivity contribution in [3.63, 3.8) is 0 Å². The van der Waals surface area contributed by atoms with Gasteiger partial charge < -0.3 is 15.2 Å². The predicted molar refractivity (Wildman–Crippen MR) is 132 cm³/mol. The summed E-state index contributed by atoms with van der Waals surface area (Å²) in [7, 11) is -2.30. The van der Waals surface area contributed by atoms with Crippen LogP contribution >= 0.6 is 0 Å². The first-order valence-electron chi connectivity index (χ1n) is 12.0. The van der Waals surface area contributed by atoms with E-state index in [1.807, 2.05) is 0 Å². The number of rotatable bonds is 5. The van der Waals surface area contributed by atoms with Crippen LogP contribution in [0.1, 0.15) is 56.2 Å². The van der Waals surface area contributed by atoms with Gasteiger partial charge in [-0.25, -0.2) is 22.0 Å². The third-order valence-electron chi connectivity index (χ3n) is 6.96. The molecule has 0 saturated carbocycles. The van der Waals surface area contributed by atoms with Crippen LogP contribution in [0.5, 0.6) is 0 Å². The molecule has 1 unspecified atom stereocenters. The third kappa shape index (κ3) is 4.99. The van der Waals surface area contributed by atoms with Crippen LogP contribution in [0.15, 0.2) is 24.4 Å². The summed E-state index contributed by atoms with van der Waals surface area (Å²) >= 11 is 0.